The first-order valence-corrected chi connectivity index (χ1v) is 8.56. The number of nitrogens with zero attached hydrogens (tertiary/aromatic N) is 1. The van der Waals surface area contributed by atoms with Crippen LogP contribution in [0.5, 0.6) is 5.75 Å². The van der Waals surface area contributed by atoms with E-state index < -0.39 is 0 Å². The first-order valence-electron chi connectivity index (χ1n) is 8.18. The van der Waals surface area contributed by atoms with Crippen molar-refractivity contribution in [3.05, 3.63) is 64.2 Å². The van der Waals surface area contributed by atoms with Crippen LogP contribution in [0.4, 0.5) is 0 Å². The normalized spacial score (nSPS) is 13.3. The van der Waals surface area contributed by atoms with Gasteiger partial charge in [0.2, 0.25) is 0 Å². The van der Waals surface area contributed by atoms with Crippen LogP contribution in [0.2, 0.25) is 5.02 Å². The number of methoxy groups -OCH3 is 1. The molecule has 0 radical (unpaired) electrons. The molecule has 0 aromatic heterocycles. The average Bonchev–Trinajstić information content (AvgIpc) is 3.13. The van der Waals surface area contributed by atoms with E-state index in [2.05, 4.69) is 27.8 Å². The Labute approximate surface area is 147 Å². The van der Waals surface area contributed by atoms with Gasteiger partial charge in [-0.2, -0.15) is 0 Å². The van der Waals surface area contributed by atoms with Crippen LogP contribution in [0.1, 0.15) is 16.7 Å². The molecule has 0 bridgehead atoms. The van der Waals surface area contributed by atoms with Crippen molar-refractivity contribution < 1.29 is 4.74 Å². The van der Waals surface area contributed by atoms with Crippen molar-refractivity contribution in [1.82, 2.24) is 10.6 Å². The molecule has 1 heterocycles. The van der Waals surface area contributed by atoms with Crippen LogP contribution in [-0.4, -0.2) is 26.2 Å². The molecular weight excluding hydrogens is 322 g/mol. The van der Waals surface area contributed by atoms with Gasteiger partial charge in [-0.3, -0.25) is 4.99 Å². The molecule has 0 saturated heterocycles. The molecule has 4 nitrogen and oxygen atoms in total. The van der Waals surface area contributed by atoms with Crippen LogP contribution in [0, 0.1) is 0 Å². The Bertz CT molecular complexity index is 730. The third kappa shape index (κ3) is 4.01. The Hall–Kier alpha value is -2.20. The molecule has 0 aliphatic carbocycles. The smallest absolute Gasteiger partial charge is 0.191 e. The summed E-state index contributed by atoms with van der Waals surface area (Å²) >= 11 is 6.46. The van der Waals surface area contributed by atoms with Crippen LogP contribution in [-0.2, 0) is 19.4 Å². The molecule has 1 aliphatic rings. The molecule has 0 fully saturated rings. The van der Waals surface area contributed by atoms with Gasteiger partial charge in [-0.1, -0.05) is 41.9 Å². The van der Waals surface area contributed by atoms with E-state index >= 15 is 0 Å². The van der Waals surface area contributed by atoms with Gasteiger partial charge in [0.05, 0.1) is 13.7 Å². The fraction of sp³-hybridized carbons (Fsp3) is 0.316. The van der Waals surface area contributed by atoms with Crippen molar-refractivity contribution in [3.63, 3.8) is 0 Å². The minimum atomic E-state index is 0.716. The van der Waals surface area contributed by atoms with E-state index in [1.807, 2.05) is 30.3 Å². The molecule has 2 aromatic rings. The maximum absolute atomic E-state index is 6.46. The van der Waals surface area contributed by atoms with Crippen LogP contribution in [0.25, 0.3) is 0 Å². The number of rotatable bonds is 6. The fourth-order valence-corrected chi connectivity index (χ4v) is 3.20. The predicted octanol–water partition coefficient (Wildman–Crippen LogP) is 3.18. The zero-order valence-corrected chi connectivity index (χ0v) is 14.6. The summed E-state index contributed by atoms with van der Waals surface area (Å²) in [5, 5.41) is 7.38. The minimum absolute atomic E-state index is 0.716. The third-order valence-corrected chi connectivity index (χ3v) is 4.53. The Morgan fingerprint density at radius 1 is 1.12 bits per heavy atom. The number of hydrogen-bond acceptors (Lipinski definition) is 4. The van der Waals surface area contributed by atoms with Crippen molar-refractivity contribution in [1.29, 1.82) is 0 Å². The van der Waals surface area contributed by atoms with Gasteiger partial charge in [0.25, 0.3) is 0 Å². The number of para-hydroxylation sites is 1. The summed E-state index contributed by atoms with van der Waals surface area (Å²) in [5.74, 6) is 1.79. The lowest BCUT2D eigenvalue weighted by Gasteiger charge is -2.14. The maximum Gasteiger partial charge on any atom is 0.191 e. The van der Waals surface area contributed by atoms with E-state index in [-0.39, 0.29) is 0 Å². The van der Waals surface area contributed by atoms with Crippen LogP contribution in [0.15, 0.2) is 47.5 Å². The summed E-state index contributed by atoms with van der Waals surface area (Å²) in [6.45, 7) is 2.45. The molecule has 2 N–H and O–H groups in total. The first-order chi connectivity index (χ1) is 11.8. The Balaban J connectivity index is 1.72. The van der Waals surface area contributed by atoms with E-state index in [9.17, 15) is 0 Å². The van der Waals surface area contributed by atoms with Crippen molar-refractivity contribution in [2.45, 2.75) is 19.4 Å². The highest BCUT2D eigenvalue weighted by atomic mass is 35.5. The third-order valence-electron chi connectivity index (χ3n) is 4.17. The number of benzene rings is 2. The molecule has 24 heavy (non-hydrogen) atoms. The Morgan fingerprint density at radius 3 is 2.75 bits per heavy atom. The SMILES string of the molecule is COc1ccccc1CCc1c(Cl)cccc1CNC1=NCCN1. The van der Waals surface area contributed by atoms with E-state index in [4.69, 9.17) is 16.3 Å². The Morgan fingerprint density at radius 2 is 1.96 bits per heavy atom. The van der Waals surface area contributed by atoms with E-state index in [1.54, 1.807) is 7.11 Å². The molecule has 1 aliphatic heterocycles. The van der Waals surface area contributed by atoms with E-state index in [0.29, 0.717) is 6.54 Å². The number of ether oxygens (including phenoxy) is 1. The highest BCUT2D eigenvalue weighted by Crippen LogP contribution is 2.25. The molecule has 0 saturated carbocycles. The molecule has 0 atom stereocenters. The Kier molecular flexibility index (Phi) is 5.59. The second-order valence-electron chi connectivity index (χ2n) is 5.70. The minimum Gasteiger partial charge on any atom is -0.496 e. The summed E-state index contributed by atoms with van der Waals surface area (Å²) in [4.78, 5) is 4.36. The lowest BCUT2D eigenvalue weighted by atomic mass is 9.99. The summed E-state index contributed by atoms with van der Waals surface area (Å²) in [7, 11) is 1.71. The molecule has 2 aromatic carbocycles. The van der Waals surface area contributed by atoms with Crippen LogP contribution < -0.4 is 15.4 Å². The van der Waals surface area contributed by atoms with Crippen molar-refractivity contribution in [2.24, 2.45) is 4.99 Å². The highest BCUT2D eigenvalue weighted by Gasteiger charge is 2.11. The van der Waals surface area contributed by atoms with Gasteiger partial charge in [-0.25, -0.2) is 0 Å². The topological polar surface area (TPSA) is 45.6 Å². The number of aliphatic imine (C=N–C) groups is 1. The van der Waals surface area contributed by atoms with Gasteiger partial charge in [0.1, 0.15) is 5.75 Å². The molecular formula is C19H22ClN3O. The zero-order chi connectivity index (χ0) is 16.8. The standard InChI is InChI=1S/C19H22ClN3O/c1-24-18-8-3-2-5-14(18)9-10-16-15(6-4-7-17(16)20)13-23-19-21-11-12-22-19/h2-8H,9-13H2,1H3,(H2,21,22,23). The largest absolute Gasteiger partial charge is 0.496 e. The molecule has 0 spiro atoms. The van der Waals surface area contributed by atoms with Gasteiger partial charge < -0.3 is 15.4 Å². The zero-order valence-electron chi connectivity index (χ0n) is 13.8. The van der Waals surface area contributed by atoms with Crippen molar-refractivity contribution in [2.75, 3.05) is 20.2 Å². The number of halogens is 1. The number of hydrogen-bond donors (Lipinski definition) is 2. The summed E-state index contributed by atoms with van der Waals surface area (Å²) in [5.41, 5.74) is 3.57. The fourth-order valence-electron chi connectivity index (χ4n) is 2.91. The van der Waals surface area contributed by atoms with E-state index in [0.717, 1.165) is 42.7 Å². The number of aryl methyl sites for hydroxylation is 1. The second kappa shape index (κ2) is 8.06. The highest BCUT2D eigenvalue weighted by molar-refractivity contribution is 6.31. The van der Waals surface area contributed by atoms with Gasteiger partial charge in [0.15, 0.2) is 5.96 Å². The monoisotopic (exact) mass is 343 g/mol. The quantitative estimate of drug-likeness (QED) is 0.846. The summed E-state index contributed by atoms with van der Waals surface area (Å²) in [6, 6.07) is 14.2. The van der Waals surface area contributed by atoms with Crippen LogP contribution in [0.3, 0.4) is 0 Å². The first kappa shape index (κ1) is 16.7. The van der Waals surface area contributed by atoms with Gasteiger partial charge in [-0.05, 0) is 41.7 Å². The average molecular weight is 344 g/mol. The van der Waals surface area contributed by atoms with Crippen molar-refractivity contribution in [3.8, 4) is 5.75 Å². The molecule has 0 amide bonds. The van der Waals surface area contributed by atoms with Crippen LogP contribution >= 0.6 is 11.6 Å². The maximum atomic E-state index is 6.46. The van der Waals surface area contributed by atoms with Gasteiger partial charge in [0, 0.05) is 18.1 Å². The number of guanidine groups is 1. The van der Waals surface area contributed by atoms with Gasteiger partial charge in [-0.15, -0.1) is 0 Å². The molecule has 126 valence electrons. The van der Waals surface area contributed by atoms with Gasteiger partial charge >= 0.3 is 0 Å². The molecule has 5 heteroatoms. The number of nitrogens with one attached hydrogen (secondary N) is 2. The lowest BCUT2D eigenvalue weighted by Crippen LogP contribution is -2.33. The predicted molar refractivity (Wildman–Crippen MR) is 99.0 cm³/mol. The summed E-state index contributed by atoms with van der Waals surface area (Å²) < 4.78 is 5.44. The van der Waals surface area contributed by atoms with E-state index in [1.165, 1.54) is 16.7 Å². The molecule has 3 rings (SSSR count). The lowest BCUT2D eigenvalue weighted by molar-refractivity contribution is 0.409. The second-order valence-corrected chi connectivity index (χ2v) is 6.11. The van der Waals surface area contributed by atoms with Crippen molar-refractivity contribution >= 4 is 17.6 Å². The summed E-state index contributed by atoms with van der Waals surface area (Å²) in [6.07, 6.45) is 1.76. The molecule has 0 unspecified atom stereocenters.